The lowest BCUT2D eigenvalue weighted by Crippen LogP contribution is -2.20. The van der Waals surface area contributed by atoms with E-state index in [2.05, 4.69) is 32.9 Å². The summed E-state index contributed by atoms with van der Waals surface area (Å²) in [5, 5.41) is 7.82. The molecule has 0 aromatic carbocycles. The van der Waals surface area contributed by atoms with Gasteiger partial charge < -0.3 is 0 Å². The lowest BCUT2D eigenvalue weighted by atomic mass is 10.1. The van der Waals surface area contributed by atoms with Gasteiger partial charge in [0.1, 0.15) is 0 Å². The fraction of sp³-hybridized carbons (Fsp3) is 0.667. The Kier molecular flexibility index (Phi) is 1.63. The fourth-order valence-electron chi connectivity index (χ4n) is 1.21. The highest BCUT2D eigenvalue weighted by Gasteiger charge is 2.15. The van der Waals surface area contributed by atoms with Gasteiger partial charge >= 0.3 is 0 Å². The zero-order chi connectivity index (χ0) is 6.97. The molecular formula is C6H8IN3. The van der Waals surface area contributed by atoms with Crippen molar-refractivity contribution >= 4 is 22.6 Å². The van der Waals surface area contributed by atoms with Crippen LogP contribution in [0.25, 0.3) is 0 Å². The summed E-state index contributed by atoms with van der Waals surface area (Å²) >= 11 is 2.46. The van der Waals surface area contributed by atoms with Gasteiger partial charge in [-0.2, -0.15) is 0 Å². The Bertz CT molecular complexity index is 233. The molecule has 1 aromatic heterocycles. The quantitative estimate of drug-likeness (QED) is 0.507. The van der Waals surface area contributed by atoms with E-state index in [0.717, 1.165) is 16.9 Å². The smallest absolute Gasteiger partial charge is 0.0725 e. The van der Waals surface area contributed by atoms with Crippen molar-refractivity contribution in [3.8, 4) is 0 Å². The molecule has 0 amide bonds. The van der Waals surface area contributed by atoms with Crippen molar-refractivity contribution in [3.63, 3.8) is 0 Å². The van der Waals surface area contributed by atoms with Gasteiger partial charge in [-0.3, -0.25) is 0 Å². The van der Waals surface area contributed by atoms with Gasteiger partial charge in [0, 0.05) is 3.92 Å². The van der Waals surface area contributed by atoms with Crippen LogP contribution in [0, 0.1) is 0 Å². The summed E-state index contributed by atoms with van der Waals surface area (Å²) in [5.41, 5.74) is 1.29. The lowest BCUT2D eigenvalue weighted by molar-refractivity contribution is 0.498. The molecule has 0 radical (unpaired) electrons. The molecule has 0 bridgehead atoms. The molecule has 0 N–H and O–H groups in total. The number of nitrogens with zero attached hydrogens (tertiary/aromatic N) is 3. The van der Waals surface area contributed by atoms with E-state index in [1.54, 1.807) is 0 Å². The van der Waals surface area contributed by atoms with E-state index in [1.807, 2.05) is 10.9 Å². The molecule has 1 aromatic rings. The van der Waals surface area contributed by atoms with Crippen LogP contribution in [0.3, 0.4) is 0 Å². The largest absolute Gasteiger partial charge is 0.248 e. The summed E-state index contributed by atoms with van der Waals surface area (Å²) in [5.74, 6) is 0. The Labute approximate surface area is 72.9 Å². The van der Waals surface area contributed by atoms with Gasteiger partial charge in [0.15, 0.2) is 0 Å². The summed E-state index contributed by atoms with van der Waals surface area (Å²) in [6, 6.07) is 0. The van der Waals surface area contributed by atoms with Crippen molar-refractivity contribution in [2.24, 2.45) is 0 Å². The number of fused-ring (bicyclic) bond motifs is 1. The molecular weight excluding hydrogens is 241 g/mol. The number of rotatable bonds is 0. The van der Waals surface area contributed by atoms with Crippen LogP contribution in [-0.4, -0.2) is 18.9 Å². The number of hydrogen-bond donors (Lipinski definition) is 0. The van der Waals surface area contributed by atoms with E-state index in [9.17, 15) is 0 Å². The van der Waals surface area contributed by atoms with Crippen molar-refractivity contribution in [2.75, 3.05) is 0 Å². The van der Waals surface area contributed by atoms with Crippen LogP contribution < -0.4 is 0 Å². The summed E-state index contributed by atoms with van der Waals surface area (Å²) in [6.07, 6.45) is 4.27. The van der Waals surface area contributed by atoms with E-state index >= 15 is 0 Å². The number of alkyl halides is 1. The molecule has 1 unspecified atom stereocenters. The Morgan fingerprint density at radius 1 is 1.70 bits per heavy atom. The molecule has 10 heavy (non-hydrogen) atoms. The van der Waals surface area contributed by atoms with Gasteiger partial charge in [0.25, 0.3) is 0 Å². The van der Waals surface area contributed by atoms with Crippen LogP contribution in [0.4, 0.5) is 0 Å². The molecule has 0 saturated carbocycles. The zero-order valence-corrected chi connectivity index (χ0v) is 7.65. The van der Waals surface area contributed by atoms with Crippen LogP contribution in [-0.2, 0) is 13.0 Å². The summed E-state index contributed by atoms with van der Waals surface area (Å²) in [4.78, 5) is 0. The highest BCUT2D eigenvalue weighted by molar-refractivity contribution is 14.1. The van der Waals surface area contributed by atoms with Gasteiger partial charge in [-0.25, -0.2) is 4.68 Å². The average molecular weight is 249 g/mol. The molecule has 0 spiro atoms. The minimum atomic E-state index is 0.742. The van der Waals surface area contributed by atoms with Crippen LogP contribution in [0.2, 0.25) is 0 Å². The predicted molar refractivity (Wildman–Crippen MR) is 46.2 cm³/mol. The molecule has 0 fully saturated rings. The van der Waals surface area contributed by atoms with Gasteiger partial charge in [-0.15, -0.1) is 5.10 Å². The fourth-order valence-corrected chi connectivity index (χ4v) is 1.89. The molecule has 1 atom stereocenters. The minimum absolute atomic E-state index is 0.742. The van der Waals surface area contributed by atoms with E-state index in [-0.39, 0.29) is 0 Å². The minimum Gasteiger partial charge on any atom is -0.248 e. The Morgan fingerprint density at radius 2 is 2.60 bits per heavy atom. The highest BCUT2D eigenvalue weighted by Crippen LogP contribution is 2.18. The van der Waals surface area contributed by atoms with Crippen LogP contribution >= 0.6 is 22.6 Å². The van der Waals surface area contributed by atoms with Crippen molar-refractivity contribution in [1.29, 1.82) is 0 Å². The number of hydrogen-bond acceptors (Lipinski definition) is 2. The normalized spacial score (nSPS) is 24.3. The molecule has 4 heteroatoms. The third-order valence-electron chi connectivity index (χ3n) is 1.78. The third kappa shape index (κ3) is 1.04. The predicted octanol–water partition coefficient (Wildman–Crippen LogP) is 1.03. The first-order valence-corrected chi connectivity index (χ1v) is 4.62. The van der Waals surface area contributed by atoms with E-state index in [0.29, 0.717) is 0 Å². The molecule has 1 aliphatic rings. The molecule has 54 valence electrons. The van der Waals surface area contributed by atoms with Crippen molar-refractivity contribution < 1.29 is 0 Å². The van der Waals surface area contributed by atoms with Crippen LogP contribution in [0.5, 0.6) is 0 Å². The standard InChI is InChI=1S/C6H8IN3/c7-5-1-2-6-3-8-9-10(6)4-5/h3,5H,1-2,4H2. The van der Waals surface area contributed by atoms with Gasteiger partial charge in [-0.1, -0.05) is 27.8 Å². The van der Waals surface area contributed by atoms with Crippen LogP contribution in [0.1, 0.15) is 12.1 Å². The SMILES string of the molecule is IC1CCc2cnnn2C1. The molecule has 2 rings (SSSR count). The topological polar surface area (TPSA) is 30.7 Å². The Hall–Kier alpha value is -0.130. The maximum Gasteiger partial charge on any atom is 0.0725 e. The van der Waals surface area contributed by atoms with Gasteiger partial charge in [-0.05, 0) is 12.8 Å². The van der Waals surface area contributed by atoms with Crippen molar-refractivity contribution in [3.05, 3.63) is 11.9 Å². The van der Waals surface area contributed by atoms with E-state index in [1.165, 1.54) is 12.1 Å². The third-order valence-corrected chi connectivity index (χ3v) is 2.80. The lowest BCUT2D eigenvalue weighted by Gasteiger charge is -2.16. The first-order valence-electron chi connectivity index (χ1n) is 3.37. The molecule has 0 saturated heterocycles. The molecule has 0 aliphatic carbocycles. The first kappa shape index (κ1) is 6.57. The van der Waals surface area contributed by atoms with Gasteiger partial charge in [0.2, 0.25) is 0 Å². The monoisotopic (exact) mass is 249 g/mol. The number of aryl methyl sites for hydroxylation is 1. The Balaban J connectivity index is 2.30. The average Bonchev–Trinajstić information content (AvgIpc) is 2.33. The van der Waals surface area contributed by atoms with E-state index < -0.39 is 0 Å². The summed E-state index contributed by atoms with van der Waals surface area (Å²) < 4.78 is 2.74. The van der Waals surface area contributed by atoms with Crippen LogP contribution in [0.15, 0.2) is 6.20 Å². The second-order valence-electron chi connectivity index (χ2n) is 2.54. The second kappa shape index (κ2) is 2.48. The maximum atomic E-state index is 3.97. The first-order chi connectivity index (χ1) is 4.86. The zero-order valence-electron chi connectivity index (χ0n) is 5.50. The summed E-state index contributed by atoms with van der Waals surface area (Å²) in [7, 11) is 0. The highest BCUT2D eigenvalue weighted by atomic mass is 127. The molecule has 2 heterocycles. The maximum absolute atomic E-state index is 3.97. The number of halogens is 1. The van der Waals surface area contributed by atoms with Gasteiger partial charge in [0.05, 0.1) is 18.4 Å². The van der Waals surface area contributed by atoms with E-state index in [4.69, 9.17) is 0 Å². The molecule has 1 aliphatic heterocycles. The second-order valence-corrected chi connectivity index (χ2v) is 4.31. The molecule has 3 nitrogen and oxygen atoms in total. The Morgan fingerprint density at radius 3 is 3.50 bits per heavy atom. The summed E-state index contributed by atoms with van der Waals surface area (Å²) in [6.45, 7) is 1.04. The number of aromatic nitrogens is 3. The van der Waals surface area contributed by atoms with Crippen molar-refractivity contribution in [1.82, 2.24) is 15.0 Å². The van der Waals surface area contributed by atoms with Crippen molar-refractivity contribution in [2.45, 2.75) is 23.3 Å².